The molecule has 0 aliphatic carbocycles. The van der Waals surface area contributed by atoms with Gasteiger partial charge in [0.15, 0.2) is 0 Å². The summed E-state index contributed by atoms with van der Waals surface area (Å²) in [5.74, 6) is 0.142. The van der Waals surface area contributed by atoms with Crippen LogP contribution in [-0.2, 0) is 17.8 Å². The summed E-state index contributed by atoms with van der Waals surface area (Å²) in [5, 5.41) is 22.3. The van der Waals surface area contributed by atoms with Crippen LogP contribution in [0, 0.1) is 5.41 Å². The van der Waals surface area contributed by atoms with Crippen molar-refractivity contribution in [3.05, 3.63) is 83.6 Å². The number of allylic oxidation sites excluding steroid dienone is 4. The summed E-state index contributed by atoms with van der Waals surface area (Å²) in [6.45, 7) is 6.96. The first-order chi connectivity index (χ1) is 18.0. The van der Waals surface area contributed by atoms with Crippen molar-refractivity contribution in [2.45, 2.75) is 45.8 Å². The molecule has 0 atom stereocenters. The van der Waals surface area contributed by atoms with E-state index in [1.807, 2.05) is 23.6 Å². The Morgan fingerprint density at radius 1 is 1.22 bits per heavy atom. The van der Waals surface area contributed by atoms with Gasteiger partial charge in [-0.05, 0) is 56.5 Å². The highest BCUT2D eigenvalue weighted by molar-refractivity contribution is 5.98. The van der Waals surface area contributed by atoms with Gasteiger partial charge in [0.1, 0.15) is 5.76 Å². The molecule has 0 unspecified atom stereocenters. The molecular formula is C29H35N5O3. The molecule has 0 radical (unpaired) electrons. The van der Waals surface area contributed by atoms with Gasteiger partial charge in [-0.1, -0.05) is 42.5 Å². The van der Waals surface area contributed by atoms with E-state index in [2.05, 4.69) is 34.5 Å². The Morgan fingerprint density at radius 3 is 2.68 bits per heavy atom. The van der Waals surface area contributed by atoms with Crippen molar-refractivity contribution < 1.29 is 14.6 Å². The van der Waals surface area contributed by atoms with Crippen molar-refractivity contribution in [3.63, 3.8) is 0 Å². The van der Waals surface area contributed by atoms with Gasteiger partial charge in [0.25, 0.3) is 0 Å². The second-order valence-electron chi connectivity index (χ2n) is 9.18. The summed E-state index contributed by atoms with van der Waals surface area (Å²) in [5.41, 5.74) is 3.25. The zero-order valence-electron chi connectivity index (χ0n) is 21.5. The molecule has 3 aromatic rings. The third kappa shape index (κ3) is 6.65. The van der Waals surface area contributed by atoms with Crippen molar-refractivity contribution in [2.24, 2.45) is 0 Å². The lowest BCUT2D eigenvalue weighted by Crippen LogP contribution is -2.39. The lowest BCUT2D eigenvalue weighted by Gasteiger charge is -2.32. The fourth-order valence-electron chi connectivity index (χ4n) is 4.53. The van der Waals surface area contributed by atoms with E-state index >= 15 is 0 Å². The normalized spacial score (nSPS) is 15.4. The van der Waals surface area contributed by atoms with Gasteiger partial charge in [-0.25, -0.2) is 9.78 Å². The number of nitrogens with zero attached hydrogens (tertiary/aromatic N) is 3. The number of carbonyl (C=O) groups is 1. The van der Waals surface area contributed by atoms with Crippen LogP contribution in [0.4, 0.5) is 5.95 Å². The van der Waals surface area contributed by atoms with E-state index in [1.54, 1.807) is 31.2 Å². The maximum absolute atomic E-state index is 12.3. The van der Waals surface area contributed by atoms with Gasteiger partial charge in [-0.15, -0.1) is 0 Å². The zero-order chi connectivity index (χ0) is 26.2. The van der Waals surface area contributed by atoms with E-state index in [1.165, 1.54) is 11.6 Å². The van der Waals surface area contributed by atoms with Gasteiger partial charge < -0.3 is 19.7 Å². The first kappa shape index (κ1) is 26.2. The monoisotopic (exact) mass is 501 g/mol. The van der Waals surface area contributed by atoms with E-state index in [0.29, 0.717) is 23.6 Å². The number of anilines is 1. The van der Waals surface area contributed by atoms with Gasteiger partial charge in [0.05, 0.1) is 35.5 Å². The van der Waals surface area contributed by atoms with Crippen LogP contribution in [0.1, 0.15) is 42.6 Å². The lowest BCUT2D eigenvalue weighted by atomic mass is 10.0. The predicted octanol–water partition coefficient (Wildman–Crippen LogP) is 5.33. The summed E-state index contributed by atoms with van der Waals surface area (Å²) in [4.78, 5) is 19.5. The van der Waals surface area contributed by atoms with Crippen LogP contribution in [0.5, 0.6) is 0 Å². The van der Waals surface area contributed by atoms with Crippen molar-refractivity contribution in [1.29, 1.82) is 5.41 Å². The van der Waals surface area contributed by atoms with Gasteiger partial charge in [-0.2, -0.15) is 0 Å². The van der Waals surface area contributed by atoms with Gasteiger partial charge in [0.2, 0.25) is 5.95 Å². The topological polar surface area (TPSA) is 103 Å². The highest BCUT2D eigenvalue weighted by Crippen LogP contribution is 2.25. The first-order valence-electron chi connectivity index (χ1n) is 12.8. The van der Waals surface area contributed by atoms with Crippen LogP contribution >= 0.6 is 0 Å². The first-order valence-corrected chi connectivity index (χ1v) is 12.8. The molecule has 8 heteroatoms. The lowest BCUT2D eigenvalue weighted by molar-refractivity contribution is 0.0526. The fraction of sp³-hybridized carbons (Fsp3) is 0.345. The average Bonchev–Trinajstić information content (AvgIpc) is 3.24. The molecule has 1 aliphatic rings. The maximum atomic E-state index is 12.3. The Labute approximate surface area is 217 Å². The number of ether oxygens (including phenoxy) is 1. The zero-order valence-corrected chi connectivity index (χ0v) is 21.5. The molecule has 1 aliphatic heterocycles. The number of carbonyl (C=O) groups excluding carboxylic acids is 1. The number of aliphatic hydroxyl groups excluding tert-OH is 1. The molecule has 8 nitrogen and oxygen atoms in total. The minimum Gasteiger partial charge on any atom is -0.506 e. The van der Waals surface area contributed by atoms with Crippen LogP contribution in [-0.4, -0.2) is 57.0 Å². The van der Waals surface area contributed by atoms with Crippen LogP contribution in [0.2, 0.25) is 0 Å². The number of piperidine rings is 1. The minimum atomic E-state index is -0.390. The Morgan fingerprint density at radius 2 is 1.97 bits per heavy atom. The number of nitrogens with one attached hydrogen (secondary N) is 2. The van der Waals surface area contributed by atoms with Crippen molar-refractivity contribution in [3.8, 4) is 0 Å². The number of imidazole rings is 1. The predicted molar refractivity (Wildman–Crippen MR) is 147 cm³/mol. The maximum Gasteiger partial charge on any atom is 0.338 e. The smallest absolute Gasteiger partial charge is 0.338 e. The molecule has 0 spiro atoms. The quantitative estimate of drug-likeness (QED) is 0.150. The molecule has 194 valence electrons. The standard InChI is InChI=1S/C29H35N5O3/c1-3-5-11-27(35)24(30)20-34-26-13-12-22(28(36)37-4-2)18-25(26)32-29(34)31-23-14-16-33(17-15-23)19-21-9-7-6-8-10-21/h3,5-13,18,23,30,35H,4,14-17,19-20H2,1-2H3,(H,31,32)/b5-3+,27-11+,30-24?. The number of fused-ring (bicyclic) bond motifs is 1. The van der Waals surface area contributed by atoms with E-state index in [0.717, 1.165) is 38.0 Å². The molecule has 2 heterocycles. The number of aromatic nitrogens is 2. The largest absolute Gasteiger partial charge is 0.506 e. The molecule has 1 saturated heterocycles. The second-order valence-corrected chi connectivity index (χ2v) is 9.18. The fourth-order valence-corrected chi connectivity index (χ4v) is 4.53. The number of hydrogen-bond donors (Lipinski definition) is 3. The summed E-state index contributed by atoms with van der Waals surface area (Å²) in [6.07, 6.45) is 6.94. The number of rotatable bonds is 10. The van der Waals surface area contributed by atoms with Gasteiger partial charge >= 0.3 is 5.97 Å². The minimum absolute atomic E-state index is 0.0765. The SMILES string of the molecule is C/C=C/C=C(/O)C(=N)Cn1c(NC2CCN(Cc3ccccc3)CC2)nc2cc(C(=O)OCC)ccc21. The highest BCUT2D eigenvalue weighted by atomic mass is 16.5. The third-order valence-corrected chi connectivity index (χ3v) is 6.50. The van der Waals surface area contributed by atoms with Crippen LogP contribution in [0.15, 0.2) is 72.5 Å². The Bertz CT molecular complexity index is 1290. The Balaban J connectivity index is 1.54. The number of likely N-dealkylation sites (tertiary alicyclic amines) is 1. The highest BCUT2D eigenvalue weighted by Gasteiger charge is 2.23. The Kier molecular flexibility index (Phi) is 8.74. The molecule has 0 bridgehead atoms. The summed E-state index contributed by atoms with van der Waals surface area (Å²) < 4.78 is 7.04. The van der Waals surface area contributed by atoms with Crippen molar-refractivity contribution in [1.82, 2.24) is 14.5 Å². The van der Waals surface area contributed by atoms with Gasteiger partial charge in [-0.3, -0.25) is 10.3 Å². The molecule has 4 rings (SSSR count). The van der Waals surface area contributed by atoms with Crippen LogP contribution < -0.4 is 5.32 Å². The number of benzene rings is 2. The van der Waals surface area contributed by atoms with E-state index in [4.69, 9.17) is 15.1 Å². The van der Waals surface area contributed by atoms with E-state index in [-0.39, 0.29) is 30.0 Å². The van der Waals surface area contributed by atoms with Gasteiger partial charge in [0, 0.05) is 25.7 Å². The molecule has 1 fully saturated rings. The Hall–Kier alpha value is -3.91. The summed E-state index contributed by atoms with van der Waals surface area (Å²) in [7, 11) is 0. The number of esters is 1. The van der Waals surface area contributed by atoms with Crippen LogP contribution in [0.3, 0.4) is 0 Å². The molecule has 3 N–H and O–H groups in total. The number of hydrogen-bond acceptors (Lipinski definition) is 7. The van der Waals surface area contributed by atoms with Crippen LogP contribution in [0.25, 0.3) is 11.0 Å². The number of aliphatic hydroxyl groups is 1. The summed E-state index contributed by atoms with van der Waals surface area (Å²) >= 11 is 0. The van der Waals surface area contributed by atoms with E-state index in [9.17, 15) is 9.90 Å². The second kappa shape index (κ2) is 12.4. The molecule has 37 heavy (non-hydrogen) atoms. The van der Waals surface area contributed by atoms with Crippen molar-refractivity contribution in [2.75, 3.05) is 25.0 Å². The summed E-state index contributed by atoms with van der Waals surface area (Å²) in [6, 6.07) is 16.0. The molecule has 1 aromatic heterocycles. The van der Waals surface area contributed by atoms with E-state index < -0.39 is 0 Å². The van der Waals surface area contributed by atoms with Crippen molar-refractivity contribution >= 4 is 28.7 Å². The molecular weight excluding hydrogens is 466 g/mol. The average molecular weight is 502 g/mol. The molecule has 0 amide bonds. The molecule has 0 saturated carbocycles. The third-order valence-electron chi connectivity index (χ3n) is 6.50. The molecule has 2 aromatic carbocycles.